The number of nitrogens with zero attached hydrogens (tertiary/aromatic N) is 1. The van der Waals surface area contributed by atoms with Gasteiger partial charge in [0.2, 0.25) is 0 Å². The minimum atomic E-state index is -0.148. The van der Waals surface area contributed by atoms with Crippen molar-refractivity contribution in [3.63, 3.8) is 0 Å². The average Bonchev–Trinajstić information content (AvgIpc) is 2.45. The predicted octanol–water partition coefficient (Wildman–Crippen LogP) is 3.47. The molecule has 0 aliphatic carbocycles. The van der Waals surface area contributed by atoms with Gasteiger partial charge in [-0.3, -0.25) is 4.79 Å². The molecule has 0 saturated heterocycles. The monoisotopic (exact) mass is 353 g/mol. The normalized spacial score (nSPS) is 10.2. The Balaban J connectivity index is 2.14. The first-order chi connectivity index (χ1) is 9.60. The van der Waals surface area contributed by atoms with Gasteiger partial charge in [0.15, 0.2) is 0 Å². The van der Waals surface area contributed by atoms with Gasteiger partial charge in [-0.1, -0.05) is 17.7 Å². The van der Waals surface area contributed by atoms with E-state index in [0.717, 1.165) is 10.3 Å². The van der Waals surface area contributed by atoms with E-state index in [0.29, 0.717) is 22.8 Å². The van der Waals surface area contributed by atoms with Crippen LogP contribution in [0.4, 0.5) is 5.69 Å². The molecule has 0 aliphatic heterocycles. The second-order valence-corrected chi connectivity index (χ2v) is 5.30. The number of pyridine rings is 1. The first-order valence-electron chi connectivity index (χ1n) is 5.97. The Morgan fingerprint density at radius 1 is 1.35 bits per heavy atom. The van der Waals surface area contributed by atoms with Gasteiger partial charge in [-0.2, -0.15) is 0 Å². The van der Waals surface area contributed by atoms with Crippen LogP contribution in [-0.2, 0) is 6.54 Å². The van der Waals surface area contributed by atoms with Crippen molar-refractivity contribution < 1.29 is 4.79 Å². The fourth-order valence-corrected chi connectivity index (χ4v) is 2.25. The number of anilines is 1. The SMILES string of the molecule is CNC(=O)c1ccc(Cl)c(NCc2cccc(Br)n2)c1. The maximum absolute atomic E-state index is 11.6. The summed E-state index contributed by atoms with van der Waals surface area (Å²) in [4.78, 5) is 15.9. The van der Waals surface area contributed by atoms with Gasteiger partial charge < -0.3 is 10.6 Å². The molecule has 4 nitrogen and oxygen atoms in total. The summed E-state index contributed by atoms with van der Waals surface area (Å²) in [5, 5.41) is 6.32. The maximum Gasteiger partial charge on any atom is 0.251 e. The van der Waals surface area contributed by atoms with Gasteiger partial charge in [0.1, 0.15) is 4.60 Å². The number of carbonyl (C=O) groups excluding carboxylic acids is 1. The lowest BCUT2D eigenvalue weighted by atomic mass is 10.2. The molecular formula is C14H13BrClN3O. The van der Waals surface area contributed by atoms with Crippen molar-refractivity contribution in [2.75, 3.05) is 12.4 Å². The van der Waals surface area contributed by atoms with Crippen LogP contribution < -0.4 is 10.6 Å². The standard InChI is InChI=1S/C14H13BrClN3O/c1-17-14(20)9-5-6-11(16)12(7-9)18-8-10-3-2-4-13(15)19-10/h2-7,18H,8H2,1H3,(H,17,20). The van der Waals surface area contributed by atoms with E-state index in [1.54, 1.807) is 25.2 Å². The molecule has 2 N–H and O–H groups in total. The Hall–Kier alpha value is -1.59. The summed E-state index contributed by atoms with van der Waals surface area (Å²) in [6, 6.07) is 10.8. The minimum Gasteiger partial charge on any atom is -0.378 e. The van der Waals surface area contributed by atoms with Gasteiger partial charge in [0, 0.05) is 12.6 Å². The van der Waals surface area contributed by atoms with E-state index in [9.17, 15) is 4.79 Å². The van der Waals surface area contributed by atoms with E-state index in [1.807, 2.05) is 18.2 Å². The zero-order chi connectivity index (χ0) is 14.5. The summed E-state index contributed by atoms with van der Waals surface area (Å²) < 4.78 is 0.780. The van der Waals surface area contributed by atoms with Crippen LogP contribution in [0.2, 0.25) is 5.02 Å². The minimum absolute atomic E-state index is 0.148. The highest BCUT2D eigenvalue weighted by atomic mass is 79.9. The molecule has 2 rings (SSSR count). The molecule has 0 saturated carbocycles. The Morgan fingerprint density at radius 2 is 2.15 bits per heavy atom. The number of carbonyl (C=O) groups is 1. The molecule has 6 heteroatoms. The van der Waals surface area contributed by atoms with E-state index in [-0.39, 0.29) is 5.91 Å². The van der Waals surface area contributed by atoms with Gasteiger partial charge in [-0.15, -0.1) is 0 Å². The molecule has 1 aromatic carbocycles. The molecule has 0 unspecified atom stereocenters. The van der Waals surface area contributed by atoms with E-state index in [1.165, 1.54) is 0 Å². The number of rotatable bonds is 4. The van der Waals surface area contributed by atoms with Crippen molar-refractivity contribution in [3.05, 3.63) is 57.3 Å². The average molecular weight is 355 g/mol. The summed E-state index contributed by atoms with van der Waals surface area (Å²) >= 11 is 9.44. The third-order valence-corrected chi connectivity index (χ3v) is 3.46. The number of hydrogen-bond donors (Lipinski definition) is 2. The highest BCUT2D eigenvalue weighted by molar-refractivity contribution is 9.10. The summed E-state index contributed by atoms with van der Waals surface area (Å²) in [6.45, 7) is 0.524. The highest BCUT2D eigenvalue weighted by Crippen LogP contribution is 2.23. The van der Waals surface area contributed by atoms with E-state index >= 15 is 0 Å². The maximum atomic E-state index is 11.6. The van der Waals surface area contributed by atoms with E-state index in [2.05, 4.69) is 31.5 Å². The summed E-state index contributed by atoms with van der Waals surface area (Å²) in [7, 11) is 1.59. The van der Waals surface area contributed by atoms with Crippen molar-refractivity contribution >= 4 is 39.1 Å². The van der Waals surface area contributed by atoms with Crippen LogP contribution >= 0.6 is 27.5 Å². The summed E-state index contributed by atoms with van der Waals surface area (Å²) in [5.41, 5.74) is 2.14. The number of benzene rings is 1. The number of amides is 1. The van der Waals surface area contributed by atoms with Gasteiger partial charge >= 0.3 is 0 Å². The van der Waals surface area contributed by atoms with Crippen molar-refractivity contribution in [3.8, 4) is 0 Å². The Bertz CT molecular complexity index is 634. The van der Waals surface area contributed by atoms with Crippen LogP contribution in [0.15, 0.2) is 41.0 Å². The number of nitrogens with one attached hydrogen (secondary N) is 2. The molecule has 1 aromatic heterocycles. The van der Waals surface area contributed by atoms with Crippen LogP contribution in [0.5, 0.6) is 0 Å². The number of hydrogen-bond acceptors (Lipinski definition) is 3. The molecule has 0 atom stereocenters. The van der Waals surface area contributed by atoms with Crippen LogP contribution in [-0.4, -0.2) is 17.9 Å². The van der Waals surface area contributed by atoms with E-state index < -0.39 is 0 Å². The van der Waals surface area contributed by atoms with Crippen LogP contribution in [0.1, 0.15) is 16.1 Å². The molecule has 2 aromatic rings. The largest absolute Gasteiger partial charge is 0.378 e. The molecule has 0 spiro atoms. The van der Waals surface area contributed by atoms with Crippen LogP contribution in [0.25, 0.3) is 0 Å². The van der Waals surface area contributed by atoms with Crippen LogP contribution in [0, 0.1) is 0 Å². The predicted molar refractivity (Wildman–Crippen MR) is 84.1 cm³/mol. The molecule has 1 amide bonds. The first kappa shape index (κ1) is 14.8. The fraction of sp³-hybridized carbons (Fsp3) is 0.143. The summed E-state index contributed by atoms with van der Waals surface area (Å²) in [6.07, 6.45) is 0. The Kier molecular flexibility index (Phi) is 4.98. The molecular weight excluding hydrogens is 342 g/mol. The molecule has 20 heavy (non-hydrogen) atoms. The Labute approximate surface area is 130 Å². The third-order valence-electron chi connectivity index (χ3n) is 2.69. The quantitative estimate of drug-likeness (QED) is 0.827. The van der Waals surface area contributed by atoms with Gasteiger partial charge in [0.05, 0.1) is 22.9 Å². The topological polar surface area (TPSA) is 54.0 Å². The second-order valence-electron chi connectivity index (χ2n) is 4.08. The lowest BCUT2D eigenvalue weighted by Gasteiger charge is -2.10. The number of halogens is 2. The van der Waals surface area contributed by atoms with Crippen molar-refractivity contribution in [1.29, 1.82) is 0 Å². The second kappa shape index (κ2) is 6.72. The lowest BCUT2D eigenvalue weighted by Crippen LogP contribution is -2.17. The molecule has 1 heterocycles. The zero-order valence-corrected chi connectivity index (χ0v) is 13.1. The fourth-order valence-electron chi connectivity index (χ4n) is 1.68. The molecule has 0 fully saturated rings. The smallest absolute Gasteiger partial charge is 0.251 e. The van der Waals surface area contributed by atoms with Crippen molar-refractivity contribution in [1.82, 2.24) is 10.3 Å². The van der Waals surface area contributed by atoms with E-state index in [4.69, 9.17) is 11.6 Å². The summed E-state index contributed by atoms with van der Waals surface area (Å²) in [5.74, 6) is -0.148. The van der Waals surface area contributed by atoms with Crippen molar-refractivity contribution in [2.45, 2.75) is 6.54 Å². The first-order valence-corrected chi connectivity index (χ1v) is 7.14. The lowest BCUT2D eigenvalue weighted by molar-refractivity contribution is 0.0963. The molecule has 104 valence electrons. The molecule has 0 radical (unpaired) electrons. The van der Waals surface area contributed by atoms with Crippen LogP contribution in [0.3, 0.4) is 0 Å². The number of aromatic nitrogens is 1. The Morgan fingerprint density at radius 3 is 2.85 bits per heavy atom. The van der Waals surface area contributed by atoms with Gasteiger partial charge in [-0.05, 0) is 46.3 Å². The highest BCUT2D eigenvalue weighted by Gasteiger charge is 2.07. The van der Waals surface area contributed by atoms with Gasteiger partial charge in [0.25, 0.3) is 5.91 Å². The molecule has 0 bridgehead atoms. The zero-order valence-electron chi connectivity index (χ0n) is 10.8. The third kappa shape index (κ3) is 3.71. The van der Waals surface area contributed by atoms with Gasteiger partial charge in [-0.25, -0.2) is 4.98 Å². The molecule has 0 aliphatic rings. The van der Waals surface area contributed by atoms with Crippen molar-refractivity contribution in [2.24, 2.45) is 0 Å².